The second-order valence-corrected chi connectivity index (χ2v) is 8.69. The third kappa shape index (κ3) is 4.34. The second kappa shape index (κ2) is 7.75. The van der Waals surface area contributed by atoms with E-state index in [9.17, 15) is 18.5 Å². The largest absolute Gasteiger partial charge is 0.382 e. The first-order valence-corrected chi connectivity index (χ1v) is 10.3. The molecule has 0 amide bonds. The van der Waals surface area contributed by atoms with E-state index in [4.69, 9.17) is 4.74 Å². The van der Waals surface area contributed by atoms with E-state index in [1.54, 1.807) is 24.4 Å². The molecule has 0 aliphatic carbocycles. The maximum absolute atomic E-state index is 12.6. The van der Waals surface area contributed by atoms with Crippen LogP contribution >= 0.6 is 0 Å². The first kappa shape index (κ1) is 19.5. The Morgan fingerprint density at radius 2 is 2.00 bits per heavy atom. The van der Waals surface area contributed by atoms with Gasteiger partial charge in [-0.2, -0.15) is 4.31 Å². The van der Waals surface area contributed by atoms with Crippen LogP contribution < -0.4 is 5.32 Å². The summed E-state index contributed by atoms with van der Waals surface area (Å²) in [7, 11) is -3.43. The number of fused-ring (bicyclic) bond motifs is 1. The first-order valence-electron chi connectivity index (χ1n) is 8.67. The molecule has 27 heavy (non-hydrogen) atoms. The quantitative estimate of drug-likeness (QED) is 0.588. The monoisotopic (exact) mass is 394 g/mol. The summed E-state index contributed by atoms with van der Waals surface area (Å²) >= 11 is 0. The minimum atomic E-state index is -3.43. The van der Waals surface area contributed by atoms with Crippen molar-refractivity contribution in [2.24, 2.45) is 0 Å². The van der Waals surface area contributed by atoms with Crippen molar-refractivity contribution in [1.29, 1.82) is 0 Å². The molecule has 0 saturated carbocycles. The number of anilines is 1. The number of rotatable bonds is 6. The minimum Gasteiger partial charge on any atom is -0.382 e. The van der Waals surface area contributed by atoms with Gasteiger partial charge in [-0.25, -0.2) is 8.42 Å². The molecule has 9 nitrogen and oxygen atoms in total. The van der Waals surface area contributed by atoms with Gasteiger partial charge >= 0.3 is 0 Å². The van der Waals surface area contributed by atoms with Gasteiger partial charge in [0.25, 0.3) is 5.69 Å². The molecule has 3 rings (SSSR count). The number of nitro groups is 1. The molecule has 1 aliphatic rings. The molecule has 1 N–H and O–H groups in total. The van der Waals surface area contributed by atoms with Gasteiger partial charge in [-0.1, -0.05) is 0 Å². The Bertz CT molecular complexity index is 939. The number of hydrogen-bond acceptors (Lipinski definition) is 7. The molecule has 10 heteroatoms. The highest BCUT2D eigenvalue weighted by molar-refractivity contribution is 7.89. The van der Waals surface area contributed by atoms with Crippen molar-refractivity contribution in [2.75, 3.05) is 30.7 Å². The number of pyridine rings is 1. The average molecular weight is 394 g/mol. The van der Waals surface area contributed by atoms with Gasteiger partial charge < -0.3 is 10.1 Å². The van der Waals surface area contributed by atoms with Crippen LogP contribution in [0.3, 0.4) is 0 Å². The lowest BCUT2D eigenvalue weighted by molar-refractivity contribution is -0.383. The molecule has 1 aromatic carbocycles. The zero-order chi connectivity index (χ0) is 19.6. The molecule has 146 valence electrons. The van der Waals surface area contributed by atoms with E-state index < -0.39 is 14.9 Å². The van der Waals surface area contributed by atoms with Crippen LogP contribution in [0.5, 0.6) is 0 Å². The number of ether oxygens (including phenoxy) is 1. The molecule has 2 atom stereocenters. The maximum Gasteiger partial charge on any atom is 0.278 e. The number of morpholine rings is 1. The molecule has 1 aliphatic heterocycles. The summed E-state index contributed by atoms with van der Waals surface area (Å²) in [5, 5.41) is 14.6. The number of hydrogen-bond donors (Lipinski definition) is 1. The molecule has 0 spiro atoms. The van der Waals surface area contributed by atoms with Crippen LogP contribution in [0.15, 0.2) is 30.5 Å². The number of sulfonamides is 1. The minimum absolute atomic E-state index is 0.0347. The maximum atomic E-state index is 12.6. The Balaban J connectivity index is 1.72. The fraction of sp³-hybridized carbons (Fsp3) is 0.471. The van der Waals surface area contributed by atoms with Crippen LogP contribution in [0.1, 0.15) is 13.8 Å². The van der Waals surface area contributed by atoms with E-state index in [1.807, 2.05) is 13.8 Å². The summed E-state index contributed by atoms with van der Waals surface area (Å²) in [5.41, 5.74) is 0.973. The van der Waals surface area contributed by atoms with E-state index >= 15 is 0 Å². The van der Waals surface area contributed by atoms with Gasteiger partial charge in [0.2, 0.25) is 10.0 Å². The van der Waals surface area contributed by atoms with Gasteiger partial charge in [-0.15, -0.1) is 0 Å². The van der Waals surface area contributed by atoms with Crippen molar-refractivity contribution in [3.05, 3.63) is 40.6 Å². The van der Waals surface area contributed by atoms with Crippen molar-refractivity contribution in [3.63, 3.8) is 0 Å². The summed E-state index contributed by atoms with van der Waals surface area (Å²) in [6.45, 7) is 4.56. The number of nitrogens with zero attached hydrogens (tertiary/aromatic N) is 3. The molecule has 1 aromatic heterocycles. The van der Waals surface area contributed by atoms with Crippen molar-refractivity contribution in [1.82, 2.24) is 9.29 Å². The highest BCUT2D eigenvalue weighted by atomic mass is 32.2. The highest BCUT2D eigenvalue weighted by Crippen LogP contribution is 2.29. The van der Waals surface area contributed by atoms with Crippen LogP contribution in [0.25, 0.3) is 10.9 Å². The van der Waals surface area contributed by atoms with Crippen molar-refractivity contribution in [2.45, 2.75) is 26.1 Å². The van der Waals surface area contributed by atoms with E-state index in [-0.39, 0.29) is 30.2 Å². The Labute approximate surface area is 157 Å². The topological polar surface area (TPSA) is 115 Å². The van der Waals surface area contributed by atoms with Gasteiger partial charge in [-0.05, 0) is 32.0 Å². The molecule has 0 radical (unpaired) electrons. The van der Waals surface area contributed by atoms with Gasteiger partial charge in [0.05, 0.1) is 34.0 Å². The van der Waals surface area contributed by atoms with E-state index in [2.05, 4.69) is 10.3 Å². The first-order chi connectivity index (χ1) is 12.8. The molecule has 1 saturated heterocycles. The second-order valence-electron chi connectivity index (χ2n) is 6.61. The van der Waals surface area contributed by atoms with Crippen LogP contribution in [0.4, 0.5) is 11.4 Å². The Kier molecular flexibility index (Phi) is 5.59. The number of non-ortho nitro benzene ring substituents is 1. The summed E-state index contributed by atoms with van der Waals surface area (Å²) in [5.74, 6) is -0.0856. The molecular weight excluding hydrogens is 372 g/mol. The Morgan fingerprint density at radius 1 is 1.30 bits per heavy atom. The highest BCUT2D eigenvalue weighted by Gasteiger charge is 2.30. The standard InChI is InChI=1S/C17H22N4O5S/c1-12-10-20(11-13(2)26-12)27(24,25)9-8-18-15-5-6-16(21(22)23)14-4-3-7-19-17(14)15/h3-7,12-13,18H,8-11H2,1-2H3/t12-,13-/m1/s1. The summed E-state index contributed by atoms with van der Waals surface area (Å²) in [6, 6.07) is 6.20. The van der Waals surface area contributed by atoms with Crippen LogP contribution in [-0.2, 0) is 14.8 Å². The fourth-order valence-electron chi connectivity index (χ4n) is 3.26. The molecular formula is C17H22N4O5S. The molecule has 2 heterocycles. The van der Waals surface area contributed by atoms with E-state index in [0.29, 0.717) is 29.7 Å². The SMILES string of the molecule is C[C@@H]1CN(S(=O)(=O)CCNc2ccc([N+](=O)[O-])c3cccnc23)C[C@@H](C)O1. The lowest BCUT2D eigenvalue weighted by Gasteiger charge is -2.34. The molecule has 0 unspecified atom stereocenters. The third-order valence-corrected chi connectivity index (χ3v) is 6.20. The van der Waals surface area contributed by atoms with Gasteiger partial charge in [0.15, 0.2) is 0 Å². The lowest BCUT2D eigenvalue weighted by atomic mass is 10.1. The number of nitrogens with one attached hydrogen (secondary N) is 1. The zero-order valence-corrected chi connectivity index (χ0v) is 16.0. The van der Waals surface area contributed by atoms with Gasteiger partial charge in [0.1, 0.15) is 5.52 Å². The van der Waals surface area contributed by atoms with Crippen LogP contribution in [0, 0.1) is 10.1 Å². The predicted molar refractivity (Wildman–Crippen MR) is 102 cm³/mol. The molecule has 0 bridgehead atoms. The number of aromatic nitrogens is 1. The van der Waals surface area contributed by atoms with Crippen LogP contribution in [-0.4, -0.2) is 60.2 Å². The average Bonchev–Trinajstić information content (AvgIpc) is 2.60. The normalized spacial score (nSPS) is 21.3. The predicted octanol–water partition coefficient (Wildman–Crippen LogP) is 1.99. The smallest absolute Gasteiger partial charge is 0.278 e. The molecule has 1 fully saturated rings. The molecule has 2 aromatic rings. The Hall–Kier alpha value is -2.30. The zero-order valence-electron chi connectivity index (χ0n) is 15.2. The Morgan fingerprint density at radius 3 is 2.67 bits per heavy atom. The van der Waals surface area contributed by atoms with Gasteiger partial charge in [-0.3, -0.25) is 15.1 Å². The van der Waals surface area contributed by atoms with Crippen molar-refractivity contribution in [3.8, 4) is 0 Å². The van der Waals surface area contributed by atoms with Crippen molar-refractivity contribution < 1.29 is 18.1 Å². The summed E-state index contributed by atoms with van der Waals surface area (Å²) in [4.78, 5) is 14.9. The summed E-state index contributed by atoms with van der Waals surface area (Å²) in [6.07, 6.45) is 1.27. The number of benzene rings is 1. The van der Waals surface area contributed by atoms with Gasteiger partial charge in [0, 0.05) is 31.9 Å². The van der Waals surface area contributed by atoms with E-state index in [0.717, 1.165) is 0 Å². The van der Waals surface area contributed by atoms with Crippen LogP contribution in [0.2, 0.25) is 0 Å². The third-order valence-electron chi connectivity index (χ3n) is 4.40. The fourth-order valence-corrected chi connectivity index (χ4v) is 4.75. The van der Waals surface area contributed by atoms with Crippen molar-refractivity contribution >= 4 is 32.3 Å². The lowest BCUT2D eigenvalue weighted by Crippen LogP contribution is -2.49. The van der Waals surface area contributed by atoms with E-state index in [1.165, 1.54) is 10.4 Å². The number of nitro benzene ring substituents is 1. The summed E-state index contributed by atoms with van der Waals surface area (Å²) < 4.78 is 32.2.